The van der Waals surface area contributed by atoms with E-state index in [9.17, 15) is 0 Å². The van der Waals surface area contributed by atoms with E-state index < -0.39 is 0 Å². The Bertz CT molecular complexity index is 1170. The zero-order valence-corrected chi connectivity index (χ0v) is 15.0. The van der Waals surface area contributed by atoms with Gasteiger partial charge >= 0.3 is 0 Å². The van der Waals surface area contributed by atoms with Gasteiger partial charge in [-0.2, -0.15) is 14.3 Å². The van der Waals surface area contributed by atoms with Crippen molar-refractivity contribution in [1.82, 2.24) is 19.9 Å². The van der Waals surface area contributed by atoms with Gasteiger partial charge in [-0.05, 0) is 24.3 Å². The highest BCUT2D eigenvalue weighted by Crippen LogP contribution is 2.25. The number of aromatic nitrogens is 5. The van der Waals surface area contributed by atoms with Crippen LogP contribution in [0.15, 0.2) is 78.2 Å². The number of halogens is 1. The number of pyridine rings is 2. The first kappa shape index (κ1) is 15.8. The summed E-state index contributed by atoms with van der Waals surface area (Å²) in [6.45, 7) is 0.574. The lowest BCUT2D eigenvalue weighted by Gasteiger charge is -2.05. The molecule has 0 N–H and O–H groups in total. The normalized spacial score (nSPS) is 12.7. The molecule has 0 amide bonds. The smallest absolute Gasteiger partial charge is 0.252 e. The number of hydrogen-bond acceptors (Lipinski definition) is 4. The highest BCUT2D eigenvalue weighted by molar-refractivity contribution is 6.34. The van der Waals surface area contributed by atoms with Crippen molar-refractivity contribution in [2.75, 3.05) is 0 Å². The largest absolute Gasteiger partial charge is 0.253 e. The van der Waals surface area contributed by atoms with Gasteiger partial charge in [0.15, 0.2) is 12.7 Å². The summed E-state index contributed by atoms with van der Waals surface area (Å²) in [7, 11) is 0. The first-order chi connectivity index (χ1) is 13.3. The third-order valence-corrected chi connectivity index (χ3v) is 4.76. The van der Waals surface area contributed by atoms with Gasteiger partial charge in [0.1, 0.15) is 11.4 Å². The molecule has 6 nitrogen and oxygen atoms in total. The molecule has 27 heavy (non-hydrogen) atoms. The predicted molar refractivity (Wildman–Crippen MR) is 102 cm³/mol. The lowest BCUT2D eigenvalue weighted by molar-refractivity contribution is -0.670. The summed E-state index contributed by atoms with van der Waals surface area (Å²) < 4.78 is 3.84. The molecule has 0 radical (unpaired) electrons. The fraction of sp³-hybridized carbons (Fsp3) is 0.0500. The van der Waals surface area contributed by atoms with Crippen LogP contribution in [-0.2, 0) is 6.54 Å². The van der Waals surface area contributed by atoms with Crippen molar-refractivity contribution in [2.24, 2.45) is 5.10 Å². The van der Waals surface area contributed by atoms with Crippen LogP contribution in [0.5, 0.6) is 0 Å². The molecule has 4 heterocycles. The van der Waals surface area contributed by atoms with Crippen LogP contribution < -0.4 is 4.57 Å². The number of fused-ring (bicyclic) bond motifs is 3. The van der Waals surface area contributed by atoms with E-state index >= 15 is 0 Å². The molecule has 1 aromatic carbocycles. The Morgan fingerprint density at radius 1 is 0.889 bits per heavy atom. The van der Waals surface area contributed by atoms with E-state index in [0.29, 0.717) is 28.9 Å². The quantitative estimate of drug-likeness (QED) is 0.507. The maximum Gasteiger partial charge on any atom is 0.252 e. The van der Waals surface area contributed by atoms with Gasteiger partial charge in [0, 0.05) is 28.9 Å². The number of benzene rings is 1. The van der Waals surface area contributed by atoms with Gasteiger partial charge in [0.2, 0.25) is 11.6 Å². The van der Waals surface area contributed by atoms with E-state index in [-0.39, 0.29) is 0 Å². The molecule has 130 valence electrons. The summed E-state index contributed by atoms with van der Waals surface area (Å²) in [6.07, 6.45) is 3.74. The second-order valence-electron chi connectivity index (χ2n) is 6.11. The van der Waals surface area contributed by atoms with Crippen LogP contribution in [0.2, 0.25) is 5.02 Å². The van der Waals surface area contributed by atoms with Gasteiger partial charge < -0.3 is 0 Å². The second kappa shape index (κ2) is 6.41. The second-order valence-corrected chi connectivity index (χ2v) is 6.52. The average molecular weight is 374 g/mol. The lowest BCUT2D eigenvalue weighted by Crippen LogP contribution is -2.39. The molecule has 1 aliphatic heterocycles. The highest BCUT2D eigenvalue weighted by Gasteiger charge is 2.28. The topological polar surface area (TPSA) is 59.8 Å². The van der Waals surface area contributed by atoms with E-state index in [1.54, 1.807) is 10.9 Å². The van der Waals surface area contributed by atoms with Crippen LogP contribution in [0.4, 0.5) is 0 Å². The molecular formula is C20H14ClN6+. The van der Waals surface area contributed by atoms with Gasteiger partial charge in [-0.3, -0.25) is 4.98 Å². The maximum atomic E-state index is 6.45. The van der Waals surface area contributed by atoms with Crippen LogP contribution in [0.25, 0.3) is 23.0 Å². The van der Waals surface area contributed by atoms with Gasteiger partial charge in [0.25, 0.3) is 5.69 Å². The fourth-order valence-corrected chi connectivity index (χ4v) is 3.40. The average Bonchev–Trinajstić information content (AvgIpc) is 3.05. The molecule has 5 rings (SSSR count). The predicted octanol–water partition coefficient (Wildman–Crippen LogP) is 3.21. The number of rotatable bonds is 2. The van der Waals surface area contributed by atoms with Crippen LogP contribution in [0.1, 0.15) is 5.56 Å². The summed E-state index contributed by atoms with van der Waals surface area (Å²) in [5.74, 6) is 1.26. The van der Waals surface area contributed by atoms with Crippen LogP contribution in [-0.4, -0.2) is 25.6 Å². The first-order valence-electron chi connectivity index (χ1n) is 8.50. The summed E-state index contributed by atoms with van der Waals surface area (Å²) in [6, 6.07) is 19.4. The molecular weight excluding hydrogens is 360 g/mol. The lowest BCUT2D eigenvalue weighted by atomic mass is 10.1. The maximum absolute atomic E-state index is 6.45. The molecule has 0 spiro atoms. The first-order valence-corrected chi connectivity index (χ1v) is 8.87. The van der Waals surface area contributed by atoms with Crippen molar-refractivity contribution in [3.05, 3.63) is 83.6 Å². The Morgan fingerprint density at radius 2 is 1.70 bits per heavy atom. The third-order valence-electron chi connectivity index (χ3n) is 4.43. The summed E-state index contributed by atoms with van der Waals surface area (Å²) in [4.78, 5) is 4.41. The molecule has 0 aliphatic carbocycles. The molecule has 0 saturated heterocycles. The van der Waals surface area contributed by atoms with Gasteiger partial charge in [0.05, 0.1) is 0 Å². The Hall–Kier alpha value is -3.38. The third kappa shape index (κ3) is 2.71. The van der Waals surface area contributed by atoms with Crippen molar-refractivity contribution in [3.8, 4) is 23.0 Å². The molecule has 1 aliphatic rings. The summed E-state index contributed by atoms with van der Waals surface area (Å²) in [5, 5.41) is 14.3. The Balaban J connectivity index is 1.79. The van der Waals surface area contributed by atoms with Crippen LogP contribution >= 0.6 is 11.6 Å². The summed E-state index contributed by atoms with van der Waals surface area (Å²) >= 11 is 6.45. The number of hydrogen-bond donors (Lipinski definition) is 0. The van der Waals surface area contributed by atoms with E-state index in [1.165, 1.54) is 0 Å². The fourth-order valence-electron chi connectivity index (χ4n) is 3.15. The van der Waals surface area contributed by atoms with Crippen molar-refractivity contribution >= 4 is 17.3 Å². The van der Waals surface area contributed by atoms with Crippen molar-refractivity contribution < 1.29 is 4.57 Å². The molecule has 0 fully saturated rings. The Kier molecular flexibility index (Phi) is 3.76. The Labute approximate surface area is 160 Å². The minimum absolute atomic E-state index is 0.574. The van der Waals surface area contributed by atoms with Crippen molar-refractivity contribution in [1.29, 1.82) is 0 Å². The van der Waals surface area contributed by atoms with Gasteiger partial charge in [-0.15, -0.1) is 10.2 Å². The molecule has 0 unspecified atom stereocenters. The van der Waals surface area contributed by atoms with Crippen LogP contribution in [0, 0.1) is 0 Å². The highest BCUT2D eigenvalue weighted by atomic mass is 35.5. The number of nitrogens with zero attached hydrogens (tertiary/aromatic N) is 6. The molecule has 3 aromatic heterocycles. The SMILES string of the molecule is Clc1ccccc1C1=Nn2c(-c3ccccn3)nnc2-c2cccc[n+]2C1. The van der Waals surface area contributed by atoms with Crippen molar-refractivity contribution in [2.45, 2.75) is 6.54 Å². The van der Waals surface area contributed by atoms with Crippen LogP contribution in [0.3, 0.4) is 0 Å². The van der Waals surface area contributed by atoms with Gasteiger partial charge in [-0.1, -0.05) is 35.9 Å². The van der Waals surface area contributed by atoms with E-state index in [1.807, 2.05) is 66.9 Å². The zero-order valence-electron chi connectivity index (χ0n) is 14.2. The van der Waals surface area contributed by atoms with E-state index in [4.69, 9.17) is 16.7 Å². The molecule has 0 bridgehead atoms. The minimum atomic E-state index is 0.574. The standard InChI is InChI=1S/C20H14ClN6/c21-15-8-2-1-7-14(15)17-13-26-12-6-4-10-18(26)20-24-23-19(27(20)25-17)16-9-3-5-11-22-16/h1-12H,13H2/q+1. The summed E-state index contributed by atoms with van der Waals surface area (Å²) in [5.41, 5.74) is 3.35. The molecule has 7 heteroatoms. The molecule has 0 atom stereocenters. The van der Waals surface area contributed by atoms with Gasteiger partial charge in [-0.25, -0.2) is 0 Å². The Morgan fingerprint density at radius 3 is 2.56 bits per heavy atom. The zero-order chi connectivity index (χ0) is 18.2. The van der Waals surface area contributed by atoms with Crippen molar-refractivity contribution in [3.63, 3.8) is 0 Å². The molecule has 0 saturated carbocycles. The molecule has 4 aromatic rings. The van der Waals surface area contributed by atoms with E-state index in [0.717, 1.165) is 17.0 Å². The minimum Gasteiger partial charge on any atom is -0.253 e. The monoisotopic (exact) mass is 373 g/mol. The van der Waals surface area contributed by atoms with E-state index in [2.05, 4.69) is 19.7 Å².